The number of carbonyl (C=O) groups is 3. The van der Waals surface area contributed by atoms with Gasteiger partial charge in [0.1, 0.15) is 5.92 Å². The minimum absolute atomic E-state index is 0.135. The molecule has 0 aromatic heterocycles. The molecule has 0 saturated carbocycles. The first-order valence-electron chi connectivity index (χ1n) is 9.45. The van der Waals surface area contributed by atoms with E-state index >= 15 is 0 Å². The molecule has 0 bridgehead atoms. The second kappa shape index (κ2) is 8.69. The zero-order chi connectivity index (χ0) is 21.1. The van der Waals surface area contributed by atoms with Gasteiger partial charge in [0.25, 0.3) is 5.24 Å². The third kappa shape index (κ3) is 4.62. The van der Waals surface area contributed by atoms with E-state index in [0.717, 1.165) is 28.6 Å². The summed E-state index contributed by atoms with van der Waals surface area (Å²) in [5.74, 6) is -1.27. The van der Waals surface area contributed by atoms with Gasteiger partial charge in [0.15, 0.2) is 0 Å². The Labute approximate surface area is 175 Å². The largest absolute Gasteiger partial charge is 0.339 e. The highest BCUT2D eigenvalue weighted by Crippen LogP contribution is 2.31. The summed E-state index contributed by atoms with van der Waals surface area (Å²) in [6.45, 7) is 4.54. The van der Waals surface area contributed by atoms with Crippen LogP contribution in [0.3, 0.4) is 0 Å². The Morgan fingerprint density at radius 1 is 1.10 bits per heavy atom. The molecule has 1 atom stereocenters. The van der Waals surface area contributed by atoms with Gasteiger partial charge in [-0.3, -0.25) is 14.4 Å². The number of aryl methyl sites for hydroxylation is 2. The maximum atomic E-state index is 12.9. The fourth-order valence-corrected chi connectivity index (χ4v) is 3.88. The molecule has 1 aliphatic heterocycles. The molecular weight excluding hydrogens is 386 g/mol. The van der Waals surface area contributed by atoms with E-state index in [0.29, 0.717) is 23.5 Å². The Hall–Kier alpha value is -2.80. The monoisotopic (exact) mass is 411 g/mol. The van der Waals surface area contributed by atoms with E-state index in [1.807, 2.05) is 38.1 Å². The van der Waals surface area contributed by atoms with E-state index < -0.39 is 5.92 Å². The lowest BCUT2D eigenvalue weighted by molar-refractivity contribution is -0.129. The number of nitrogens with one attached hydrogen (secondary N) is 1. The zero-order valence-electron chi connectivity index (χ0n) is 17.1. The van der Waals surface area contributed by atoms with Gasteiger partial charge in [0.2, 0.25) is 11.8 Å². The summed E-state index contributed by atoms with van der Waals surface area (Å²) < 4.78 is 0. The van der Waals surface area contributed by atoms with E-state index in [4.69, 9.17) is 0 Å². The van der Waals surface area contributed by atoms with Crippen LogP contribution in [-0.4, -0.2) is 42.6 Å². The van der Waals surface area contributed by atoms with Gasteiger partial charge in [0, 0.05) is 31.2 Å². The molecule has 2 aromatic rings. The topological polar surface area (TPSA) is 69.7 Å². The number of amides is 3. The third-order valence-electron chi connectivity index (χ3n) is 5.03. The molecule has 3 rings (SSSR count). The van der Waals surface area contributed by atoms with E-state index in [9.17, 15) is 14.4 Å². The highest BCUT2D eigenvalue weighted by Gasteiger charge is 2.38. The van der Waals surface area contributed by atoms with Gasteiger partial charge >= 0.3 is 0 Å². The molecule has 0 aliphatic carbocycles. The Morgan fingerprint density at radius 2 is 1.83 bits per heavy atom. The molecule has 152 valence electrons. The molecule has 1 saturated heterocycles. The molecule has 1 fully saturated rings. The number of thioether (sulfide) groups is 1. The average Bonchev–Trinajstić information content (AvgIpc) is 3.07. The first kappa shape index (κ1) is 20.9. The average molecular weight is 412 g/mol. The molecule has 6 nitrogen and oxygen atoms in total. The van der Waals surface area contributed by atoms with Gasteiger partial charge in [0.05, 0.1) is 5.69 Å². The summed E-state index contributed by atoms with van der Waals surface area (Å²) >= 11 is 1.04. The maximum absolute atomic E-state index is 12.9. The van der Waals surface area contributed by atoms with Crippen LogP contribution in [0.4, 0.5) is 16.2 Å². The Morgan fingerprint density at radius 3 is 2.52 bits per heavy atom. The number of anilines is 2. The van der Waals surface area contributed by atoms with Gasteiger partial charge < -0.3 is 15.1 Å². The molecule has 3 amide bonds. The molecule has 1 heterocycles. The van der Waals surface area contributed by atoms with Crippen LogP contribution in [0.15, 0.2) is 47.4 Å². The van der Waals surface area contributed by atoms with Gasteiger partial charge in [-0.25, -0.2) is 0 Å². The van der Waals surface area contributed by atoms with Gasteiger partial charge in [-0.2, -0.15) is 0 Å². The van der Waals surface area contributed by atoms with Gasteiger partial charge in [-0.05, 0) is 67.4 Å². The van der Waals surface area contributed by atoms with Gasteiger partial charge in [-0.15, -0.1) is 0 Å². The zero-order valence-corrected chi connectivity index (χ0v) is 17.9. The van der Waals surface area contributed by atoms with Crippen LogP contribution in [0.25, 0.3) is 0 Å². The summed E-state index contributed by atoms with van der Waals surface area (Å²) in [5, 5.41) is 2.71. The summed E-state index contributed by atoms with van der Waals surface area (Å²) in [6, 6.07) is 13.0. The number of rotatable bonds is 4. The number of benzene rings is 2. The highest BCUT2D eigenvalue weighted by atomic mass is 32.2. The van der Waals surface area contributed by atoms with Crippen molar-refractivity contribution in [3.63, 3.8) is 0 Å². The van der Waals surface area contributed by atoms with Crippen LogP contribution in [-0.2, 0) is 9.59 Å². The number of nitrogens with zero attached hydrogens (tertiary/aromatic N) is 2. The number of para-hydroxylation sites is 1. The normalized spacial score (nSPS) is 16.1. The SMILES string of the molecule is Cc1ccc(N2CCC(C(=O)Nc3ccccc3SC(=O)N(C)C)C2=O)cc1C. The van der Waals surface area contributed by atoms with E-state index in [1.165, 1.54) is 4.90 Å². The lowest BCUT2D eigenvalue weighted by atomic mass is 10.1. The quantitative estimate of drug-likeness (QED) is 0.608. The van der Waals surface area contributed by atoms with E-state index in [2.05, 4.69) is 5.32 Å². The molecule has 7 heteroatoms. The minimum Gasteiger partial charge on any atom is -0.339 e. The second-order valence-corrected chi connectivity index (χ2v) is 8.34. The lowest BCUT2D eigenvalue weighted by Crippen LogP contribution is -2.33. The predicted molar refractivity (Wildman–Crippen MR) is 116 cm³/mol. The number of hydrogen-bond donors (Lipinski definition) is 1. The maximum Gasteiger partial charge on any atom is 0.286 e. The van der Waals surface area contributed by atoms with Crippen molar-refractivity contribution in [3.8, 4) is 0 Å². The van der Waals surface area contributed by atoms with Crippen molar-refractivity contribution in [1.82, 2.24) is 4.90 Å². The first-order chi connectivity index (χ1) is 13.8. The summed E-state index contributed by atoms with van der Waals surface area (Å²) in [6.07, 6.45) is 0.462. The fourth-order valence-electron chi connectivity index (χ4n) is 3.14. The van der Waals surface area contributed by atoms with Crippen molar-refractivity contribution in [2.45, 2.75) is 25.2 Å². The van der Waals surface area contributed by atoms with Crippen molar-refractivity contribution in [2.24, 2.45) is 5.92 Å². The van der Waals surface area contributed by atoms with E-state index in [-0.39, 0.29) is 17.1 Å². The van der Waals surface area contributed by atoms with Crippen molar-refractivity contribution in [2.75, 3.05) is 30.9 Å². The summed E-state index contributed by atoms with van der Waals surface area (Å²) in [4.78, 5) is 41.5. The van der Waals surface area contributed by atoms with Crippen LogP contribution in [0.2, 0.25) is 0 Å². The van der Waals surface area contributed by atoms with Crippen molar-refractivity contribution in [1.29, 1.82) is 0 Å². The highest BCUT2D eigenvalue weighted by molar-refractivity contribution is 8.13. The van der Waals surface area contributed by atoms with E-state index in [1.54, 1.807) is 37.2 Å². The molecule has 1 aliphatic rings. The van der Waals surface area contributed by atoms with Crippen LogP contribution < -0.4 is 10.2 Å². The van der Waals surface area contributed by atoms with Crippen LogP contribution in [0.1, 0.15) is 17.5 Å². The predicted octanol–water partition coefficient (Wildman–Crippen LogP) is 4.07. The number of carbonyl (C=O) groups excluding carboxylic acids is 3. The second-order valence-electron chi connectivity index (χ2n) is 7.35. The minimum atomic E-state index is -0.737. The van der Waals surface area contributed by atoms with Crippen molar-refractivity contribution >= 4 is 40.2 Å². The summed E-state index contributed by atoms with van der Waals surface area (Å²) in [7, 11) is 3.35. The van der Waals surface area contributed by atoms with Crippen LogP contribution >= 0.6 is 11.8 Å². The Kier molecular flexibility index (Phi) is 6.27. The fraction of sp³-hybridized carbons (Fsp3) is 0.318. The lowest BCUT2D eigenvalue weighted by Gasteiger charge is -2.18. The molecular formula is C22H25N3O3S. The van der Waals surface area contributed by atoms with Crippen LogP contribution in [0, 0.1) is 19.8 Å². The summed E-state index contributed by atoms with van der Waals surface area (Å²) in [5.41, 5.74) is 3.63. The third-order valence-corrected chi connectivity index (χ3v) is 6.15. The molecule has 0 radical (unpaired) electrons. The molecule has 29 heavy (non-hydrogen) atoms. The first-order valence-corrected chi connectivity index (χ1v) is 10.3. The van der Waals surface area contributed by atoms with Crippen LogP contribution in [0.5, 0.6) is 0 Å². The van der Waals surface area contributed by atoms with Crippen molar-refractivity contribution < 1.29 is 14.4 Å². The van der Waals surface area contributed by atoms with Crippen molar-refractivity contribution in [3.05, 3.63) is 53.6 Å². The molecule has 1 unspecified atom stereocenters. The molecule has 1 N–H and O–H groups in total. The Bertz CT molecular complexity index is 958. The molecule has 2 aromatic carbocycles. The van der Waals surface area contributed by atoms with Gasteiger partial charge in [-0.1, -0.05) is 18.2 Å². The standard InChI is InChI=1S/C22H25N3O3S/c1-14-9-10-16(13-15(14)2)25-12-11-17(21(25)27)20(26)23-18-7-5-6-8-19(18)29-22(28)24(3)4/h5-10,13,17H,11-12H2,1-4H3,(H,23,26). The molecule has 0 spiro atoms. The Balaban J connectivity index is 1.73. The smallest absolute Gasteiger partial charge is 0.286 e. The number of hydrogen-bond acceptors (Lipinski definition) is 4.